The number of hydrogen-bond acceptors (Lipinski definition) is 3. The van der Waals surface area contributed by atoms with E-state index in [-0.39, 0.29) is 6.61 Å². The van der Waals surface area contributed by atoms with Crippen LogP contribution in [-0.2, 0) is 13.2 Å². The van der Waals surface area contributed by atoms with Crippen molar-refractivity contribution in [3.63, 3.8) is 0 Å². The highest BCUT2D eigenvalue weighted by Gasteiger charge is 2.28. The largest absolute Gasteiger partial charge is 0.496 e. The zero-order chi connectivity index (χ0) is 14.6. The highest BCUT2D eigenvalue weighted by molar-refractivity contribution is 5.37. The number of aliphatic hydroxyl groups excluding tert-OH is 1. The zero-order valence-corrected chi connectivity index (χ0v) is 13.0. The molecule has 112 valence electrons. The summed E-state index contributed by atoms with van der Waals surface area (Å²) in [6.07, 6.45) is 3.81. The summed E-state index contributed by atoms with van der Waals surface area (Å²) in [6, 6.07) is 5.94. The van der Waals surface area contributed by atoms with Gasteiger partial charge in [-0.1, -0.05) is 26.3 Å². The van der Waals surface area contributed by atoms with Crippen molar-refractivity contribution in [2.75, 3.05) is 20.2 Å². The van der Waals surface area contributed by atoms with E-state index in [0.717, 1.165) is 30.9 Å². The van der Waals surface area contributed by atoms with Crippen LogP contribution in [0.1, 0.15) is 44.2 Å². The minimum Gasteiger partial charge on any atom is -0.496 e. The predicted octanol–water partition coefficient (Wildman–Crippen LogP) is 3.20. The Morgan fingerprint density at radius 1 is 1.30 bits per heavy atom. The Hall–Kier alpha value is -1.06. The number of aliphatic hydroxyl groups is 1. The lowest BCUT2D eigenvalue weighted by Crippen LogP contribution is -2.38. The van der Waals surface area contributed by atoms with E-state index in [1.54, 1.807) is 7.11 Å². The van der Waals surface area contributed by atoms with Crippen LogP contribution in [0.4, 0.5) is 0 Å². The summed E-state index contributed by atoms with van der Waals surface area (Å²) in [4.78, 5) is 2.50. The molecule has 1 aromatic carbocycles. The molecule has 0 unspecified atom stereocenters. The van der Waals surface area contributed by atoms with E-state index in [0.29, 0.717) is 5.41 Å². The van der Waals surface area contributed by atoms with E-state index in [2.05, 4.69) is 24.8 Å². The van der Waals surface area contributed by atoms with Crippen LogP contribution in [0.2, 0.25) is 0 Å². The molecule has 1 aliphatic heterocycles. The average Bonchev–Trinajstić information content (AvgIpc) is 2.49. The SMILES string of the molecule is CCC1(C)CCN(Cc2cc(CO)ccc2OC)CC1. The number of ether oxygens (including phenoxy) is 1. The van der Waals surface area contributed by atoms with Crippen LogP contribution in [-0.4, -0.2) is 30.2 Å². The fraction of sp³-hybridized carbons (Fsp3) is 0.647. The summed E-state index contributed by atoms with van der Waals surface area (Å²) >= 11 is 0. The monoisotopic (exact) mass is 277 g/mol. The lowest BCUT2D eigenvalue weighted by atomic mass is 9.78. The third-order valence-electron chi connectivity index (χ3n) is 4.84. The Labute approximate surface area is 122 Å². The first-order chi connectivity index (χ1) is 9.60. The summed E-state index contributed by atoms with van der Waals surface area (Å²) in [7, 11) is 1.71. The fourth-order valence-corrected chi connectivity index (χ4v) is 2.90. The minimum absolute atomic E-state index is 0.0882. The van der Waals surface area contributed by atoms with Gasteiger partial charge in [0.2, 0.25) is 0 Å². The van der Waals surface area contributed by atoms with E-state index >= 15 is 0 Å². The van der Waals surface area contributed by atoms with Crippen molar-refractivity contribution >= 4 is 0 Å². The van der Waals surface area contributed by atoms with Crippen molar-refractivity contribution in [1.29, 1.82) is 0 Å². The molecule has 0 saturated carbocycles. The first-order valence-electron chi connectivity index (χ1n) is 7.59. The molecule has 1 aromatic rings. The predicted molar refractivity (Wildman–Crippen MR) is 81.8 cm³/mol. The highest BCUT2D eigenvalue weighted by atomic mass is 16.5. The highest BCUT2D eigenvalue weighted by Crippen LogP contribution is 2.35. The van der Waals surface area contributed by atoms with Gasteiger partial charge in [-0.15, -0.1) is 0 Å². The maximum absolute atomic E-state index is 9.28. The van der Waals surface area contributed by atoms with Gasteiger partial charge >= 0.3 is 0 Å². The number of rotatable bonds is 5. The van der Waals surface area contributed by atoms with Crippen molar-refractivity contribution in [1.82, 2.24) is 4.90 Å². The van der Waals surface area contributed by atoms with Crippen molar-refractivity contribution in [2.24, 2.45) is 5.41 Å². The second-order valence-corrected chi connectivity index (χ2v) is 6.24. The van der Waals surface area contributed by atoms with Crippen LogP contribution in [0.25, 0.3) is 0 Å². The standard InChI is InChI=1S/C17H27NO2/c1-4-17(2)7-9-18(10-8-17)12-15-11-14(13-19)5-6-16(15)20-3/h5-6,11,19H,4,7-10,12-13H2,1-3H3. The molecule has 0 bridgehead atoms. The van der Waals surface area contributed by atoms with E-state index in [4.69, 9.17) is 4.74 Å². The number of methoxy groups -OCH3 is 1. The van der Waals surface area contributed by atoms with Gasteiger partial charge in [-0.25, -0.2) is 0 Å². The Morgan fingerprint density at radius 3 is 2.55 bits per heavy atom. The lowest BCUT2D eigenvalue weighted by molar-refractivity contribution is 0.109. The summed E-state index contributed by atoms with van der Waals surface area (Å²) in [5.74, 6) is 0.922. The zero-order valence-electron chi connectivity index (χ0n) is 13.0. The molecule has 1 heterocycles. The van der Waals surface area contributed by atoms with Crippen LogP contribution >= 0.6 is 0 Å². The Morgan fingerprint density at radius 2 is 2.00 bits per heavy atom. The normalized spacial score (nSPS) is 19.0. The van der Waals surface area contributed by atoms with Gasteiger partial charge in [0.1, 0.15) is 5.75 Å². The van der Waals surface area contributed by atoms with Crippen LogP contribution < -0.4 is 4.74 Å². The number of piperidine rings is 1. The van der Waals surface area contributed by atoms with Crippen molar-refractivity contribution < 1.29 is 9.84 Å². The minimum atomic E-state index is 0.0882. The maximum Gasteiger partial charge on any atom is 0.123 e. The van der Waals surface area contributed by atoms with Crippen LogP contribution in [0.15, 0.2) is 18.2 Å². The van der Waals surface area contributed by atoms with Gasteiger partial charge in [-0.2, -0.15) is 0 Å². The average molecular weight is 277 g/mol. The van der Waals surface area contributed by atoms with Gasteiger partial charge in [0.05, 0.1) is 13.7 Å². The van der Waals surface area contributed by atoms with Gasteiger partial charge < -0.3 is 9.84 Å². The second-order valence-electron chi connectivity index (χ2n) is 6.24. The summed E-state index contributed by atoms with van der Waals surface area (Å²) in [6.45, 7) is 8.00. The molecule has 3 heteroatoms. The first-order valence-corrected chi connectivity index (χ1v) is 7.59. The van der Waals surface area contributed by atoms with Gasteiger partial charge in [0, 0.05) is 12.1 Å². The maximum atomic E-state index is 9.28. The topological polar surface area (TPSA) is 32.7 Å². The van der Waals surface area contributed by atoms with E-state index < -0.39 is 0 Å². The molecule has 20 heavy (non-hydrogen) atoms. The Bertz CT molecular complexity index is 437. The molecule has 0 atom stereocenters. The van der Waals surface area contributed by atoms with Gasteiger partial charge in [-0.3, -0.25) is 4.90 Å². The number of nitrogens with zero attached hydrogens (tertiary/aromatic N) is 1. The summed E-state index contributed by atoms with van der Waals surface area (Å²) in [5, 5.41) is 9.28. The fourth-order valence-electron chi connectivity index (χ4n) is 2.90. The lowest BCUT2D eigenvalue weighted by Gasteiger charge is -2.39. The third kappa shape index (κ3) is 3.53. The summed E-state index contributed by atoms with van der Waals surface area (Å²) in [5.41, 5.74) is 2.66. The molecule has 0 spiro atoms. The van der Waals surface area contributed by atoms with E-state index in [1.807, 2.05) is 12.1 Å². The molecule has 1 aliphatic rings. The van der Waals surface area contributed by atoms with E-state index in [1.165, 1.54) is 24.8 Å². The van der Waals surface area contributed by atoms with Gasteiger partial charge in [0.25, 0.3) is 0 Å². The molecule has 0 aliphatic carbocycles. The molecule has 1 N–H and O–H groups in total. The van der Waals surface area contributed by atoms with Crippen LogP contribution in [0, 0.1) is 5.41 Å². The molecule has 0 amide bonds. The number of hydrogen-bond donors (Lipinski definition) is 1. The summed E-state index contributed by atoms with van der Waals surface area (Å²) < 4.78 is 5.44. The van der Waals surface area contributed by atoms with Crippen LogP contribution in [0.3, 0.4) is 0 Å². The Balaban J connectivity index is 2.03. The molecule has 0 radical (unpaired) electrons. The number of benzene rings is 1. The first kappa shape index (κ1) is 15.3. The van der Waals surface area contributed by atoms with Crippen molar-refractivity contribution in [3.8, 4) is 5.75 Å². The van der Waals surface area contributed by atoms with Gasteiger partial charge in [0.15, 0.2) is 0 Å². The third-order valence-corrected chi connectivity index (χ3v) is 4.84. The molecule has 2 rings (SSSR count). The van der Waals surface area contributed by atoms with Crippen molar-refractivity contribution in [2.45, 2.75) is 46.3 Å². The molecular formula is C17H27NO2. The quantitative estimate of drug-likeness (QED) is 0.897. The molecule has 1 fully saturated rings. The molecule has 1 saturated heterocycles. The van der Waals surface area contributed by atoms with Crippen LogP contribution in [0.5, 0.6) is 5.75 Å². The number of likely N-dealkylation sites (tertiary alicyclic amines) is 1. The molecule has 0 aromatic heterocycles. The molecule has 3 nitrogen and oxygen atoms in total. The Kier molecular flexibility index (Phi) is 5.06. The second kappa shape index (κ2) is 6.59. The molecular weight excluding hydrogens is 250 g/mol. The van der Waals surface area contributed by atoms with Gasteiger partial charge in [-0.05, 0) is 49.0 Å². The van der Waals surface area contributed by atoms with Crippen molar-refractivity contribution in [3.05, 3.63) is 29.3 Å². The smallest absolute Gasteiger partial charge is 0.123 e. The van der Waals surface area contributed by atoms with E-state index in [9.17, 15) is 5.11 Å².